The molecule has 1 aliphatic carbocycles. The topological polar surface area (TPSA) is 30.7 Å². The van der Waals surface area contributed by atoms with E-state index in [1.54, 1.807) is 0 Å². The lowest BCUT2D eigenvalue weighted by atomic mass is 9.85. The Balaban J connectivity index is 1.40. The highest BCUT2D eigenvalue weighted by Gasteiger charge is 2.39. The molecule has 0 saturated heterocycles. The third kappa shape index (κ3) is 3.35. The highest BCUT2D eigenvalue weighted by Crippen LogP contribution is 2.50. The molecule has 0 saturated carbocycles. The third-order valence-corrected chi connectivity index (χ3v) is 10.9. The van der Waals surface area contributed by atoms with Gasteiger partial charge in [-0.05, 0) is 46.7 Å². The van der Waals surface area contributed by atoms with Crippen molar-refractivity contribution < 1.29 is 0 Å². The minimum Gasteiger partial charge on any atom is -0.292 e. The largest absolute Gasteiger partial charge is 0.292 e. The van der Waals surface area contributed by atoms with Gasteiger partial charge in [-0.15, -0.1) is 11.3 Å². The van der Waals surface area contributed by atoms with Crippen molar-refractivity contribution in [2.45, 2.75) is 19.3 Å². The highest BCUT2D eigenvalue weighted by molar-refractivity contribution is 7.25. The van der Waals surface area contributed by atoms with Crippen LogP contribution in [-0.2, 0) is 5.41 Å². The molecule has 9 aromatic rings. The Bertz CT molecular complexity index is 2690. The van der Waals surface area contributed by atoms with E-state index in [0.29, 0.717) is 0 Å². The van der Waals surface area contributed by atoms with Crippen LogP contribution in [0.4, 0.5) is 0 Å². The number of para-hydroxylation sites is 1. The van der Waals surface area contributed by atoms with Crippen LogP contribution < -0.4 is 0 Å². The normalized spacial score (nSPS) is 13.7. The standard InChI is InChI=1S/C41H27N3S/c1-41(2)31-18-8-5-15-27(31)37-39(41)43-40(38(42-37)29-17-11-21-35-36(29)28-16-7-10-20-34(28)45-35)44-32-19-9-6-14-26(32)30-22-24-12-3-4-13-25(24)23-33(30)44/h3-23H,1-2H3. The van der Waals surface area contributed by atoms with Gasteiger partial charge in [0.05, 0.1) is 22.4 Å². The summed E-state index contributed by atoms with van der Waals surface area (Å²) in [6.07, 6.45) is 0. The van der Waals surface area contributed by atoms with Crippen LogP contribution in [0.15, 0.2) is 127 Å². The number of nitrogens with zero attached hydrogens (tertiary/aromatic N) is 3. The Morgan fingerprint density at radius 3 is 2.13 bits per heavy atom. The van der Waals surface area contributed by atoms with E-state index in [0.717, 1.165) is 39.5 Å². The molecule has 212 valence electrons. The Hall–Kier alpha value is -5.32. The molecule has 3 aromatic heterocycles. The molecule has 0 fully saturated rings. The molecule has 0 amide bonds. The Kier molecular flexibility index (Phi) is 4.94. The molecule has 3 nitrogen and oxygen atoms in total. The summed E-state index contributed by atoms with van der Waals surface area (Å²) in [5, 5.41) is 7.39. The molecule has 0 radical (unpaired) electrons. The molecule has 0 N–H and O–H groups in total. The number of rotatable bonds is 2. The maximum absolute atomic E-state index is 5.70. The van der Waals surface area contributed by atoms with Gasteiger partial charge in [0.2, 0.25) is 0 Å². The van der Waals surface area contributed by atoms with E-state index in [2.05, 4.69) is 146 Å². The maximum Gasteiger partial charge on any atom is 0.164 e. The predicted octanol–water partition coefficient (Wildman–Crippen LogP) is 11.1. The molecule has 0 bridgehead atoms. The first-order chi connectivity index (χ1) is 22.1. The molecule has 45 heavy (non-hydrogen) atoms. The predicted molar refractivity (Wildman–Crippen MR) is 190 cm³/mol. The van der Waals surface area contributed by atoms with Crippen molar-refractivity contribution in [2.24, 2.45) is 0 Å². The second kappa shape index (κ2) is 8.87. The summed E-state index contributed by atoms with van der Waals surface area (Å²) in [7, 11) is 0. The minimum absolute atomic E-state index is 0.279. The summed E-state index contributed by atoms with van der Waals surface area (Å²) >= 11 is 1.84. The summed E-state index contributed by atoms with van der Waals surface area (Å²) < 4.78 is 4.91. The average molecular weight is 594 g/mol. The highest BCUT2D eigenvalue weighted by atomic mass is 32.1. The molecule has 4 heteroatoms. The second-order valence-corrected chi connectivity index (χ2v) is 13.7. The SMILES string of the molecule is CC1(C)c2ccccc2-c2nc(-c3cccc4sc5ccccc5c34)c(-n3c4ccccc4c4cc5ccccc5cc43)nc21. The molecule has 0 aliphatic heterocycles. The maximum atomic E-state index is 5.70. The van der Waals surface area contributed by atoms with Gasteiger partial charge in [0, 0.05) is 47.5 Å². The van der Waals surface area contributed by atoms with Gasteiger partial charge in [-0.3, -0.25) is 4.57 Å². The zero-order valence-corrected chi connectivity index (χ0v) is 25.7. The van der Waals surface area contributed by atoms with Crippen molar-refractivity contribution in [1.29, 1.82) is 0 Å². The van der Waals surface area contributed by atoms with Crippen LogP contribution in [0.2, 0.25) is 0 Å². The second-order valence-electron chi connectivity index (χ2n) is 12.6. The van der Waals surface area contributed by atoms with Crippen LogP contribution in [0, 0.1) is 0 Å². The van der Waals surface area contributed by atoms with Gasteiger partial charge in [-0.2, -0.15) is 0 Å². The molecule has 1 aliphatic rings. The van der Waals surface area contributed by atoms with Gasteiger partial charge in [-0.1, -0.05) is 111 Å². The Labute approximate surface area is 264 Å². The van der Waals surface area contributed by atoms with Crippen LogP contribution in [0.5, 0.6) is 0 Å². The van der Waals surface area contributed by atoms with Crippen molar-refractivity contribution in [1.82, 2.24) is 14.5 Å². The average Bonchev–Trinajstić information content (AvgIpc) is 3.69. The number of fused-ring (bicyclic) bond motifs is 10. The molecule has 6 aromatic carbocycles. The van der Waals surface area contributed by atoms with Gasteiger partial charge in [-0.25, -0.2) is 9.97 Å². The first-order valence-electron chi connectivity index (χ1n) is 15.4. The van der Waals surface area contributed by atoms with Crippen molar-refractivity contribution in [2.75, 3.05) is 0 Å². The lowest BCUT2D eigenvalue weighted by Crippen LogP contribution is -2.18. The molecular formula is C41H27N3S. The van der Waals surface area contributed by atoms with Gasteiger partial charge in [0.15, 0.2) is 5.82 Å². The molecule has 0 unspecified atom stereocenters. The fraction of sp³-hybridized carbons (Fsp3) is 0.0732. The molecular weight excluding hydrogens is 567 g/mol. The number of thiophene rings is 1. The van der Waals surface area contributed by atoms with E-state index in [-0.39, 0.29) is 5.41 Å². The fourth-order valence-corrected chi connectivity index (χ4v) is 8.74. The lowest BCUT2D eigenvalue weighted by Gasteiger charge is -2.22. The monoisotopic (exact) mass is 593 g/mol. The molecule has 0 atom stereocenters. The summed E-state index contributed by atoms with van der Waals surface area (Å²) in [4.78, 5) is 11.3. The quantitative estimate of drug-likeness (QED) is 0.200. The summed E-state index contributed by atoms with van der Waals surface area (Å²) in [6.45, 7) is 4.56. The first-order valence-corrected chi connectivity index (χ1v) is 16.2. The van der Waals surface area contributed by atoms with Crippen molar-refractivity contribution >= 4 is 64.1 Å². The van der Waals surface area contributed by atoms with E-state index in [9.17, 15) is 0 Å². The van der Waals surface area contributed by atoms with E-state index < -0.39 is 0 Å². The summed E-state index contributed by atoms with van der Waals surface area (Å²) in [6, 6.07) is 46.0. The number of benzene rings is 6. The van der Waals surface area contributed by atoms with Crippen molar-refractivity contribution in [3.63, 3.8) is 0 Å². The summed E-state index contributed by atoms with van der Waals surface area (Å²) in [5.41, 5.74) is 8.47. The van der Waals surface area contributed by atoms with Crippen LogP contribution in [0.25, 0.3) is 81.1 Å². The van der Waals surface area contributed by atoms with Crippen molar-refractivity contribution in [3.8, 4) is 28.3 Å². The smallest absolute Gasteiger partial charge is 0.164 e. The number of aromatic nitrogens is 3. The molecule has 0 spiro atoms. The zero-order valence-electron chi connectivity index (χ0n) is 24.9. The first kappa shape index (κ1) is 25.1. The van der Waals surface area contributed by atoms with E-state index in [4.69, 9.17) is 9.97 Å². The summed E-state index contributed by atoms with van der Waals surface area (Å²) in [5.74, 6) is 0.874. The number of hydrogen-bond donors (Lipinski definition) is 0. The van der Waals surface area contributed by atoms with Crippen LogP contribution in [0.1, 0.15) is 25.1 Å². The Morgan fingerprint density at radius 1 is 0.556 bits per heavy atom. The van der Waals surface area contributed by atoms with Crippen LogP contribution in [0.3, 0.4) is 0 Å². The van der Waals surface area contributed by atoms with Gasteiger partial charge >= 0.3 is 0 Å². The molecule has 3 heterocycles. The Morgan fingerprint density at radius 2 is 1.24 bits per heavy atom. The van der Waals surface area contributed by atoms with Gasteiger partial charge in [0.1, 0.15) is 5.69 Å². The van der Waals surface area contributed by atoms with Crippen LogP contribution >= 0.6 is 11.3 Å². The van der Waals surface area contributed by atoms with Crippen LogP contribution in [-0.4, -0.2) is 14.5 Å². The van der Waals surface area contributed by atoms with Gasteiger partial charge < -0.3 is 0 Å². The fourth-order valence-electron chi connectivity index (χ4n) is 7.60. The van der Waals surface area contributed by atoms with E-state index >= 15 is 0 Å². The van der Waals surface area contributed by atoms with Crippen molar-refractivity contribution in [3.05, 3.63) is 139 Å². The van der Waals surface area contributed by atoms with E-state index in [1.807, 2.05) is 11.3 Å². The lowest BCUT2D eigenvalue weighted by molar-refractivity contribution is 0.633. The zero-order chi connectivity index (χ0) is 29.9. The van der Waals surface area contributed by atoms with Gasteiger partial charge in [0.25, 0.3) is 0 Å². The minimum atomic E-state index is -0.279. The number of hydrogen-bond acceptors (Lipinski definition) is 3. The van der Waals surface area contributed by atoms with E-state index in [1.165, 1.54) is 52.8 Å². The molecule has 10 rings (SSSR count). The third-order valence-electron chi connectivity index (χ3n) is 9.73.